The second-order valence-electron chi connectivity index (χ2n) is 5.76. The van der Waals surface area contributed by atoms with E-state index < -0.39 is 0 Å². The molecule has 108 valence electrons. The number of benzene rings is 1. The predicted octanol–water partition coefficient (Wildman–Crippen LogP) is 1.49. The second kappa shape index (κ2) is 5.94. The fraction of sp³-hybridized carbons (Fsp3) is 0.562. The number of ether oxygens (including phenoxy) is 1. The Labute approximate surface area is 119 Å². The van der Waals surface area contributed by atoms with Crippen LogP contribution in [0.5, 0.6) is 0 Å². The monoisotopic (exact) mass is 274 g/mol. The molecule has 0 spiro atoms. The number of hydrogen-bond donors (Lipinski definition) is 2. The van der Waals surface area contributed by atoms with E-state index in [4.69, 9.17) is 4.74 Å². The van der Waals surface area contributed by atoms with Gasteiger partial charge in [-0.15, -0.1) is 0 Å². The van der Waals surface area contributed by atoms with Gasteiger partial charge in [0.25, 0.3) is 5.91 Å². The van der Waals surface area contributed by atoms with E-state index in [-0.39, 0.29) is 11.9 Å². The number of nitrogens with one attached hydrogen (secondary N) is 2. The van der Waals surface area contributed by atoms with E-state index in [1.54, 1.807) is 0 Å². The van der Waals surface area contributed by atoms with Crippen molar-refractivity contribution in [1.82, 2.24) is 10.6 Å². The molecule has 2 atom stereocenters. The number of amides is 1. The van der Waals surface area contributed by atoms with Gasteiger partial charge in [0.05, 0.1) is 6.61 Å². The van der Waals surface area contributed by atoms with Gasteiger partial charge in [0.2, 0.25) is 0 Å². The number of rotatable bonds is 3. The van der Waals surface area contributed by atoms with Crippen LogP contribution in [0.4, 0.5) is 0 Å². The zero-order valence-electron chi connectivity index (χ0n) is 11.9. The molecule has 4 nitrogen and oxygen atoms in total. The quantitative estimate of drug-likeness (QED) is 0.878. The number of carbonyl (C=O) groups is 1. The summed E-state index contributed by atoms with van der Waals surface area (Å²) in [6.45, 7) is 5.47. The molecule has 0 saturated carbocycles. The third-order valence-corrected chi connectivity index (χ3v) is 4.42. The van der Waals surface area contributed by atoms with E-state index in [1.807, 2.05) is 12.1 Å². The van der Waals surface area contributed by atoms with Crippen LogP contribution in [0, 0.1) is 5.92 Å². The molecule has 0 aromatic heterocycles. The van der Waals surface area contributed by atoms with E-state index in [1.165, 1.54) is 11.1 Å². The van der Waals surface area contributed by atoms with Crippen molar-refractivity contribution in [3.05, 3.63) is 34.9 Å². The van der Waals surface area contributed by atoms with Gasteiger partial charge >= 0.3 is 0 Å². The van der Waals surface area contributed by atoms with Gasteiger partial charge in [-0.3, -0.25) is 4.79 Å². The van der Waals surface area contributed by atoms with Gasteiger partial charge < -0.3 is 15.4 Å². The predicted molar refractivity (Wildman–Crippen MR) is 77.7 cm³/mol. The van der Waals surface area contributed by atoms with Gasteiger partial charge in [0.15, 0.2) is 0 Å². The Bertz CT molecular complexity index is 495. The van der Waals surface area contributed by atoms with Crippen molar-refractivity contribution in [2.75, 3.05) is 19.8 Å². The molecule has 4 heteroatoms. The molecule has 3 rings (SSSR count). The highest BCUT2D eigenvalue weighted by molar-refractivity contribution is 5.96. The van der Waals surface area contributed by atoms with Crippen LogP contribution in [-0.4, -0.2) is 31.7 Å². The van der Waals surface area contributed by atoms with Crippen LogP contribution < -0.4 is 10.6 Å². The summed E-state index contributed by atoms with van der Waals surface area (Å²) in [5, 5.41) is 6.49. The molecule has 2 aliphatic rings. The van der Waals surface area contributed by atoms with Crippen molar-refractivity contribution in [1.29, 1.82) is 0 Å². The van der Waals surface area contributed by atoms with Crippen LogP contribution in [0.3, 0.4) is 0 Å². The average molecular weight is 274 g/mol. The third kappa shape index (κ3) is 2.72. The molecular formula is C16H22N2O2. The van der Waals surface area contributed by atoms with Gasteiger partial charge in [-0.05, 0) is 43.5 Å². The lowest BCUT2D eigenvalue weighted by Gasteiger charge is -2.23. The number of carbonyl (C=O) groups excluding carboxylic acids is 1. The normalized spacial score (nSPS) is 23.1. The van der Waals surface area contributed by atoms with Gasteiger partial charge in [0.1, 0.15) is 0 Å². The van der Waals surface area contributed by atoms with Gasteiger partial charge in [-0.25, -0.2) is 0 Å². The number of hydrogen-bond acceptors (Lipinski definition) is 3. The van der Waals surface area contributed by atoms with Gasteiger partial charge in [-0.1, -0.05) is 12.1 Å². The molecule has 1 fully saturated rings. The molecule has 0 bridgehead atoms. The first-order valence-corrected chi connectivity index (χ1v) is 7.46. The summed E-state index contributed by atoms with van der Waals surface area (Å²) >= 11 is 0. The van der Waals surface area contributed by atoms with E-state index >= 15 is 0 Å². The number of fused-ring (bicyclic) bond motifs is 1. The molecule has 0 aliphatic carbocycles. The molecule has 20 heavy (non-hydrogen) atoms. The third-order valence-electron chi connectivity index (χ3n) is 4.42. The van der Waals surface area contributed by atoms with Crippen LogP contribution in [-0.2, 0) is 17.7 Å². The standard InChI is InChI=1S/C16H22N2O2/c1-11(13-6-8-20-10-13)18-16(19)15-4-2-3-12-9-17-7-5-14(12)15/h2-4,11,13,17H,5-10H2,1H3,(H,18,19). The molecule has 1 aromatic carbocycles. The Morgan fingerprint density at radius 3 is 3.20 bits per heavy atom. The molecule has 1 aromatic rings. The summed E-state index contributed by atoms with van der Waals surface area (Å²) < 4.78 is 5.40. The second-order valence-corrected chi connectivity index (χ2v) is 5.76. The average Bonchev–Trinajstić information content (AvgIpc) is 3.01. The first-order valence-electron chi connectivity index (χ1n) is 7.46. The first kappa shape index (κ1) is 13.6. The lowest BCUT2D eigenvalue weighted by Crippen LogP contribution is -2.39. The maximum atomic E-state index is 12.5. The van der Waals surface area contributed by atoms with Crippen LogP contribution in [0.1, 0.15) is 34.8 Å². The maximum Gasteiger partial charge on any atom is 0.251 e. The van der Waals surface area contributed by atoms with Crippen molar-refractivity contribution in [2.45, 2.75) is 32.4 Å². The lowest BCUT2D eigenvalue weighted by molar-refractivity contribution is 0.0921. The van der Waals surface area contributed by atoms with Crippen molar-refractivity contribution in [2.24, 2.45) is 5.92 Å². The van der Waals surface area contributed by atoms with Crippen LogP contribution in [0.15, 0.2) is 18.2 Å². The zero-order valence-corrected chi connectivity index (χ0v) is 11.9. The fourth-order valence-electron chi connectivity index (χ4n) is 3.09. The lowest BCUT2D eigenvalue weighted by atomic mass is 9.94. The van der Waals surface area contributed by atoms with Crippen molar-refractivity contribution in [3.63, 3.8) is 0 Å². The van der Waals surface area contributed by atoms with Crippen molar-refractivity contribution < 1.29 is 9.53 Å². The van der Waals surface area contributed by atoms with Gasteiger partial charge in [-0.2, -0.15) is 0 Å². The highest BCUT2D eigenvalue weighted by Gasteiger charge is 2.25. The largest absolute Gasteiger partial charge is 0.381 e. The summed E-state index contributed by atoms with van der Waals surface area (Å²) in [7, 11) is 0. The van der Waals surface area contributed by atoms with E-state index in [0.717, 1.165) is 44.7 Å². The first-order chi connectivity index (χ1) is 9.75. The minimum absolute atomic E-state index is 0.0585. The smallest absolute Gasteiger partial charge is 0.251 e. The minimum atomic E-state index is 0.0585. The Morgan fingerprint density at radius 1 is 1.50 bits per heavy atom. The molecule has 2 N–H and O–H groups in total. The molecule has 1 amide bonds. The molecule has 2 unspecified atom stereocenters. The summed E-state index contributed by atoms with van der Waals surface area (Å²) in [6, 6.07) is 6.19. The molecule has 1 saturated heterocycles. The highest BCUT2D eigenvalue weighted by atomic mass is 16.5. The molecule has 0 radical (unpaired) electrons. The highest BCUT2D eigenvalue weighted by Crippen LogP contribution is 2.20. The summed E-state index contributed by atoms with van der Waals surface area (Å²) in [4.78, 5) is 12.5. The topological polar surface area (TPSA) is 50.4 Å². The van der Waals surface area contributed by atoms with Crippen molar-refractivity contribution in [3.8, 4) is 0 Å². The molecular weight excluding hydrogens is 252 g/mol. The Hall–Kier alpha value is -1.39. The van der Waals surface area contributed by atoms with Crippen molar-refractivity contribution >= 4 is 5.91 Å². The van der Waals surface area contributed by atoms with Crippen LogP contribution in [0.25, 0.3) is 0 Å². The molecule has 2 aliphatic heterocycles. The summed E-state index contributed by atoms with van der Waals surface area (Å²) in [6.07, 6.45) is 1.97. The van der Waals surface area contributed by atoms with E-state index in [2.05, 4.69) is 23.6 Å². The SMILES string of the molecule is CC(NC(=O)c1cccc2c1CCNC2)C1CCOC1. The summed E-state index contributed by atoms with van der Waals surface area (Å²) in [5.74, 6) is 0.503. The maximum absolute atomic E-state index is 12.5. The van der Waals surface area contributed by atoms with Crippen LogP contribution in [0.2, 0.25) is 0 Å². The Kier molecular flexibility index (Phi) is 4.03. The Morgan fingerprint density at radius 2 is 2.40 bits per heavy atom. The minimum Gasteiger partial charge on any atom is -0.381 e. The summed E-state index contributed by atoms with van der Waals surface area (Å²) in [5.41, 5.74) is 3.30. The van der Waals surface area contributed by atoms with Crippen LogP contribution >= 0.6 is 0 Å². The van der Waals surface area contributed by atoms with Gasteiger partial charge in [0, 0.05) is 30.7 Å². The van der Waals surface area contributed by atoms with E-state index in [9.17, 15) is 4.79 Å². The fourth-order valence-corrected chi connectivity index (χ4v) is 3.09. The molecule has 2 heterocycles. The van der Waals surface area contributed by atoms with E-state index in [0.29, 0.717) is 5.92 Å². The zero-order chi connectivity index (χ0) is 13.9. The Balaban J connectivity index is 1.73.